The van der Waals surface area contributed by atoms with Crippen molar-refractivity contribution in [3.8, 4) is 11.5 Å². The number of amides is 5. The van der Waals surface area contributed by atoms with E-state index in [2.05, 4.69) is 10.6 Å². The molecular weight excluding hydrogens is 1190 g/mol. The lowest BCUT2D eigenvalue weighted by Gasteiger charge is -2.41. The quantitative estimate of drug-likeness (QED) is 0.0268. The van der Waals surface area contributed by atoms with Crippen LogP contribution in [0.3, 0.4) is 0 Å². The summed E-state index contributed by atoms with van der Waals surface area (Å²) in [5.74, 6) is -5.36. The fourth-order valence-corrected chi connectivity index (χ4v) is 12.3. The number of rotatable bonds is 28. The van der Waals surface area contributed by atoms with E-state index < -0.39 is 113 Å². The van der Waals surface area contributed by atoms with Crippen LogP contribution in [0.2, 0.25) is 5.02 Å². The summed E-state index contributed by atoms with van der Waals surface area (Å²) < 4.78 is 41.4. The molecule has 0 saturated carbocycles. The monoisotopic (exact) mass is 1290 g/mol. The number of hydrogen-bond donors (Lipinski definition) is 4. The molecule has 0 aliphatic carbocycles. The van der Waals surface area contributed by atoms with E-state index in [0.717, 1.165) is 16.0 Å². The van der Waals surface area contributed by atoms with E-state index >= 15 is 0 Å². The number of carbonyl (C=O) groups excluding carboxylic acids is 9. The van der Waals surface area contributed by atoms with E-state index in [1.54, 1.807) is 44.2 Å². The Hall–Kier alpha value is -6.88. The zero-order valence-corrected chi connectivity index (χ0v) is 56.6. The molecule has 91 heavy (non-hydrogen) atoms. The van der Waals surface area contributed by atoms with Gasteiger partial charge in [0.05, 0.1) is 56.4 Å². The van der Waals surface area contributed by atoms with E-state index in [1.807, 2.05) is 54.5 Å². The summed E-state index contributed by atoms with van der Waals surface area (Å²) >= 11 is 6.88. The number of ketones is 2. The number of carbonyl (C=O) groups is 9. The molecule has 5 rings (SSSR count). The number of nitrogens with two attached hydrogens (primary N) is 1. The zero-order chi connectivity index (χ0) is 67.9. The third-order valence-corrected chi connectivity index (χ3v) is 18.4. The molecule has 3 aliphatic heterocycles. The zero-order valence-electron chi connectivity index (χ0n) is 55.8. The van der Waals surface area contributed by atoms with Crippen LogP contribution in [-0.2, 0) is 70.1 Å². The van der Waals surface area contributed by atoms with Crippen LogP contribution in [0.1, 0.15) is 168 Å². The van der Waals surface area contributed by atoms with Crippen molar-refractivity contribution in [2.75, 3.05) is 46.9 Å². The first kappa shape index (κ1) is 74.8. The molecule has 3 heterocycles. The second-order valence-electron chi connectivity index (χ2n) is 25.8. The maximum absolute atomic E-state index is 14.6. The third kappa shape index (κ3) is 20.1. The standard InChI is InChI=1S/C68H98ClN5O17/c1-16-45(17-2)64(82)91-66(8,9)28-19-18-23-46(75)35-48(39(3)4)61(79)72-49(24-21-29-71-65(70)83)51(76)32-43-26-27-47(52(33-43)85-13)62(80)73(11)42(7)63(81)89-56-36-57(77)74(12)50-31-44(34-53(86-14)59(50)69)30-40(5)22-20-25-55(87-15)68(84)37-54(88-58(78)38-68)41(6)60-67(56,10)90-60/h20,22,25-27,31,33-34,39,41-42,45,48-49,54-56,60,84H,16-19,21,23-24,28-30,32,35-38H2,1-15H3,(H,72,79)(H3,70,71,83)/b25-20+,40-22+/t41-,42+,48+,49+,54+,55-,56+,60+,67+,68-/m1/s1. The van der Waals surface area contributed by atoms with Crippen LogP contribution in [0.4, 0.5) is 10.5 Å². The largest absolute Gasteiger partial charge is 0.496 e. The van der Waals surface area contributed by atoms with Gasteiger partial charge in [0.15, 0.2) is 5.78 Å². The number of nitrogens with one attached hydrogen (secondary N) is 2. The summed E-state index contributed by atoms with van der Waals surface area (Å²) in [5, 5.41) is 17.6. The molecule has 2 fully saturated rings. The highest BCUT2D eigenvalue weighted by molar-refractivity contribution is 6.35. The molecule has 0 unspecified atom stereocenters. The number of unbranched alkanes of at least 4 members (excludes halogenated alkanes) is 1. The fraction of sp³-hybridized carbons (Fsp3) is 0.632. The Morgan fingerprint density at radius 1 is 0.967 bits per heavy atom. The molecule has 4 bridgehead atoms. The number of hydrogen-bond acceptors (Lipinski definition) is 17. The maximum Gasteiger partial charge on any atom is 0.328 e. The molecule has 0 aromatic heterocycles. The van der Waals surface area contributed by atoms with Gasteiger partial charge in [-0.25, -0.2) is 9.59 Å². The minimum absolute atomic E-state index is 0.0223. The highest BCUT2D eigenvalue weighted by Crippen LogP contribution is 2.50. The average molecular weight is 1290 g/mol. The predicted molar refractivity (Wildman–Crippen MR) is 342 cm³/mol. The summed E-state index contributed by atoms with van der Waals surface area (Å²) in [4.78, 5) is 125. The Bertz CT molecular complexity index is 3020. The third-order valence-electron chi connectivity index (χ3n) is 18.0. The lowest BCUT2D eigenvalue weighted by molar-refractivity contribution is -0.187. The van der Waals surface area contributed by atoms with Crippen molar-refractivity contribution in [2.45, 2.75) is 212 Å². The summed E-state index contributed by atoms with van der Waals surface area (Å²) in [7, 11) is 7.18. The number of fused-ring (bicyclic) bond motifs is 5. The minimum Gasteiger partial charge on any atom is -0.496 e. The average Bonchev–Trinajstić information content (AvgIpc) is 1.58. The van der Waals surface area contributed by atoms with Crippen LogP contribution in [0.25, 0.3) is 0 Å². The second kappa shape index (κ2) is 33.1. The Kier molecular flexibility index (Phi) is 27.2. The number of esters is 3. The first-order valence-electron chi connectivity index (χ1n) is 31.6. The molecule has 5 N–H and O–H groups in total. The van der Waals surface area contributed by atoms with Crippen LogP contribution in [0.5, 0.6) is 11.5 Å². The van der Waals surface area contributed by atoms with E-state index in [0.29, 0.717) is 55.5 Å². The van der Waals surface area contributed by atoms with Crippen molar-refractivity contribution in [3.05, 3.63) is 75.8 Å². The molecule has 2 aromatic rings. The van der Waals surface area contributed by atoms with Gasteiger partial charge in [-0.05, 0) is 127 Å². The van der Waals surface area contributed by atoms with Crippen molar-refractivity contribution >= 4 is 70.5 Å². The Morgan fingerprint density at radius 2 is 1.65 bits per heavy atom. The van der Waals surface area contributed by atoms with E-state index in [9.17, 15) is 48.3 Å². The number of benzene rings is 2. The van der Waals surface area contributed by atoms with Gasteiger partial charge in [-0.3, -0.25) is 33.6 Å². The molecule has 23 heteroatoms. The van der Waals surface area contributed by atoms with Gasteiger partial charge in [0.1, 0.15) is 63.5 Å². The van der Waals surface area contributed by atoms with Crippen molar-refractivity contribution in [1.82, 2.24) is 15.5 Å². The molecule has 0 radical (unpaired) electrons. The van der Waals surface area contributed by atoms with Crippen molar-refractivity contribution in [2.24, 2.45) is 29.4 Å². The number of primary amides is 1. The van der Waals surface area contributed by atoms with Crippen molar-refractivity contribution in [1.29, 1.82) is 0 Å². The van der Waals surface area contributed by atoms with Gasteiger partial charge >= 0.3 is 23.9 Å². The van der Waals surface area contributed by atoms with Gasteiger partial charge in [0.2, 0.25) is 11.8 Å². The van der Waals surface area contributed by atoms with Crippen LogP contribution < -0.4 is 30.7 Å². The number of urea groups is 1. The highest BCUT2D eigenvalue weighted by Gasteiger charge is 2.64. The minimum atomic E-state index is -1.67. The molecule has 22 nitrogen and oxygen atoms in total. The van der Waals surface area contributed by atoms with Gasteiger partial charge in [-0.1, -0.05) is 76.1 Å². The summed E-state index contributed by atoms with van der Waals surface area (Å²) in [6.45, 7) is 18.2. The molecule has 5 amide bonds. The van der Waals surface area contributed by atoms with Gasteiger partial charge in [-0.15, -0.1) is 0 Å². The first-order chi connectivity index (χ1) is 42.8. The Morgan fingerprint density at radius 3 is 2.27 bits per heavy atom. The molecule has 504 valence electrons. The number of ether oxygens (including phenoxy) is 7. The smallest absolute Gasteiger partial charge is 0.328 e. The second-order valence-corrected chi connectivity index (χ2v) is 26.2. The Balaban J connectivity index is 1.34. The maximum atomic E-state index is 14.6. The first-order valence-corrected chi connectivity index (χ1v) is 32.0. The van der Waals surface area contributed by atoms with Gasteiger partial charge in [0, 0.05) is 65.3 Å². The number of halogens is 1. The number of likely N-dealkylation sites (N-methyl/N-ethyl adjacent to an activating group) is 1. The predicted octanol–water partition coefficient (Wildman–Crippen LogP) is 8.68. The summed E-state index contributed by atoms with van der Waals surface area (Å²) in [6, 6.07) is 4.96. The molecular formula is C68H98ClN5O17. The number of Topliss-reactive ketones (excluding diaryl/α,β-unsaturated/α-hetero) is 2. The molecule has 2 aromatic carbocycles. The van der Waals surface area contributed by atoms with Gasteiger partial charge < -0.3 is 64.4 Å². The van der Waals surface area contributed by atoms with E-state index in [4.69, 9.17) is 50.5 Å². The molecule has 10 atom stereocenters. The van der Waals surface area contributed by atoms with Crippen molar-refractivity contribution < 1.29 is 81.4 Å². The lowest BCUT2D eigenvalue weighted by atomic mass is 9.78. The van der Waals surface area contributed by atoms with Crippen LogP contribution in [0, 0.1) is 23.7 Å². The molecule has 0 spiro atoms. The van der Waals surface area contributed by atoms with Crippen LogP contribution in [0.15, 0.2) is 54.1 Å². The highest BCUT2D eigenvalue weighted by atomic mass is 35.5. The fourth-order valence-electron chi connectivity index (χ4n) is 12.0. The van der Waals surface area contributed by atoms with E-state index in [1.165, 1.54) is 59.4 Å². The lowest BCUT2D eigenvalue weighted by Crippen LogP contribution is -2.53. The van der Waals surface area contributed by atoms with Crippen LogP contribution in [-0.4, -0.2) is 159 Å². The SMILES string of the molecule is CCC(CC)C(=O)OC(C)(C)CCCCC(=O)C[C@H](C(=O)N[C@@H](CCCNC(N)=O)C(=O)Cc1ccc(C(=O)N(C)[C@@H](C)C(=O)O[C@H]2CC(=O)N(C)c3cc(cc(OC)c3Cl)C/C(C)=C/C=C/[C@@H](OC)[C@]3(O)CC(=O)O[C@@H](C3)[C@@H](C)[C@@H]3O[C@@]23C)c(OC)c1)C(C)C. The number of allylic oxidation sites excluding steroid dienone is 3. The number of epoxide rings is 1. The van der Waals surface area contributed by atoms with Gasteiger partial charge in [-0.2, -0.15) is 0 Å². The summed E-state index contributed by atoms with van der Waals surface area (Å²) in [6.07, 6.45) is 4.49. The Labute approximate surface area is 541 Å². The number of methoxy groups -OCH3 is 3. The topological polar surface area (TPSA) is 298 Å². The number of nitrogens with zero attached hydrogens (tertiary/aromatic N) is 2. The summed E-state index contributed by atoms with van der Waals surface area (Å²) in [5.41, 5.74) is 4.00. The molecule has 2 saturated heterocycles. The normalized spacial score (nSPS) is 23.9. The van der Waals surface area contributed by atoms with Crippen LogP contribution >= 0.6 is 11.6 Å². The number of aliphatic hydroxyl groups is 1. The molecule has 3 aliphatic rings. The van der Waals surface area contributed by atoms with Gasteiger partial charge in [0.25, 0.3) is 5.91 Å². The van der Waals surface area contributed by atoms with Crippen molar-refractivity contribution in [3.63, 3.8) is 0 Å². The number of anilines is 1. The van der Waals surface area contributed by atoms with E-state index in [-0.39, 0.29) is 91.4 Å².